The first kappa shape index (κ1) is 37.6. The monoisotopic (exact) mass is 514 g/mol. The lowest BCUT2D eigenvalue weighted by molar-refractivity contribution is -0.193. The Balaban J connectivity index is -0.000000176. The number of alkyl halides is 9. The van der Waals surface area contributed by atoms with Crippen LogP contribution in [-0.2, 0) is 19.2 Å². The van der Waals surface area contributed by atoms with Crippen molar-refractivity contribution in [2.24, 2.45) is 5.92 Å². The molecule has 0 heterocycles. The molecule has 0 bridgehead atoms. The summed E-state index contributed by atoms with van der Waals surface area (Å²) in [5.41, 5.74) is 0. The second-order valence-corrected chi connectivity index (χ2v) is 5.85. The van der Waals surface area contributed by atoms with Gasteiger partial charge in [0.2, 0.25) is 0 Å². The van der Waals surface area contributed by atoms with E-state index in [0.29, 0.717) is 0 Å². The van der Waals surface area contributed by atoms with Crippen molar-refractivity contribution < 1.29 is 79.1 Å². The highest BCUT2D eigenvalue weighted by atomic mass is 19.4. The molecule has 0 amide bonds. The molecule has 0 aliphatic rings. The molecule has 17 heteroatoms. The number of carboxylic acids is 4. The minimum atomic E-state index is -5.08. The number of unbranched alkanes of at least 4 members (excludes halogenated alkanes) is 4. The Morgan fingerprint density at radius 2 is 0.848 bits per heavy atom. The largest absolute Gasteiger partial charge is 0.490 e. The molecule has 4 N–H and O–H groups in total. The van der Waals surface area contributed by atoms with Crippen molar-refractivity contribution >= 4 is 23.9 Å². The maximum atomic E-state index is 10.6. The Bertz CT molecular complexity index is 527. The highest BCUT2D eigenvalue weighted by molar-refractivity contribution is 5.73. The van der Waals surface area contributed by atoms with Crippen molar-refractivity contribution in [3.8, 4) is 0 Å². The molecule has 0 aromatic rings. The van der Waals surface area contributed by atoms with Crippen LogP contribution in [0, 0.1) is 5.92 Å². The molecule has 0 saturated heterocycles. The van der Waals surface area contributed by atoms with Gasteiger partial charge in [0.15, 0.2) is 0 Å². The number of hydrogen-bond donors (Lipinski definition) is 4. The van der Waals surface area contributed by atoms with Crippen LogP contribution in [0.1, 0.15) is 52.4 Å². The molecule has 8 nitrogen and oxygen atoms in total. The Morgan fingerprint density at radius 1 is 0.606 bits per heavy atom. The Hall–Kier alpha value is -2.75. The van der Waals surface area contributed by atoms with Crippen LogP contribution in [0.25, 0.3) is 0 Å². The van der Waals surface area contributed by atoms with E-state index in [4.69, 9.17) is 34.8 Å². The predicted octanol–water partition coefficient (Wildman–Crippen LogP) is 4.97. The lowest BCUT2D eigenvalue weighted by Crippen LogP contribution is -2.21. The first-order chi connectivity index (χ1) is 14.5. The number of carboxylic acid groups (broad SMARTS) is 4. The highest BCUT2D eigenvalue weighted by Crippen LogP contribution is 2.14. The Labute approximate surface area is 181 Å². The van der Waals surface area contributed by atoms with E-state index >= 15 is 0 Å². The zero-order valence-electron chi connectivity index (χ0n) is 17.1. The normalized spacial score (nSPS) is 11.8. The fraction of sp³-hybridized carbons (Fsp3) is 0.750. The second-order valence-electron chi connectivity index (χ2n) is 5.85. The van der Waals surface area contributed by atoms with Crippen molar-refractivity contribution in [3.63, 3.8) is 0 Å². The highest BCUT2D eigenvalue weighted by Gasteiger charge is 2.39. The molecule has 1 atom stereocenters. The Kier molecular flexibility index (Phi) is 20.2. The van der Waals surface area contributed by atoms with Gasteiger partial charge in [0.1, 0.15) is 0 Å². The zero-order chi connectivity index (χ0) is 27.6. The van der Waals surface area contributed by atoms with Crippen LogP contribution >= 0.6 is 0 Å². The van der Waals surface area contributed by atoms with E-state index < -0.39 is 42.4 Å². The third-order valence-corrected chi connectivity index (χ3v) is 2.89. The summed E-state index contributed by atoms with van der Waals surface area (Å²) in [5.74, 6) is -9.09. The van der Waals surface area contributed by atoms with Gasteiger partial charge in [0.25, 0.3) is 0 Å². The van der Waals surface area contributed by atoms with E-state index in [1.54, 1.807) is 6.92 Å². The van der Waals surface area contributed by atoms with Crippen LogP contribution in [0.15, 0.2) is 0 Å². The lowest BCUT2D eigenvalue weighted by atomic mass is 10.0. The van der Waals surface area contributed by atoms with Gasteiger partial charge >= 0.3 is 42.4 Å². The lowest BCUT2D eigenvalue weighted by Gasteiger charge is -2.04. The van der Waals surface area contributed by atoms with Gasteiger partial charge in [-0.3, -0.25) is 4.79 Å². The van der Waals surface area contributed by atoms with Crippen LogP contribution in [-0.4, -0.2) is 62.8 Å². The predicted molar refractivity (Wildman–Crippen MR) is 91.2 cm³/mol. The standard InChI is InChI=1S/C10H20O2.3C2HF3O2/c1-3-4-5-6-7-8-9(2)10(11)12;3*3-2(4,5)1(6)7/h9H,3-8H2,1-2H3,(H,11,12);3*(H,6,7). The fourth-order valence-corrected chi connectivity index (χ4v) is 1.18. The number of aliphatic carboxylic acids is 4. The van der Waals surface area contributed by atoms with Crippen molar-refractivity contribution in [2.75, 3.05) is 0 Å². The summed E-state index contributed by atoms with van der Waals surface area (Å²) in [4.78, 5) is 37.1. The van der Waals surface area contributed by atoms with Gasteiger partial charge in [-0.05, 0) is 6.42 Å². The zero-order valence-corrected chi connectivity index (χ0v) is 17.1. The van der Waals surface area contributed by atoms with Crippen molar-refractivity contribution in [1.29, 1.82) is 0 Å². The molecule has 33 heavy (non-hydrogen) atoms. The summed E-state index contributed by atoms with van der Waals surface area (Å²) in [7, 11) is 0. The average molecular weight is 514 g/mol. The van der Waals surface area contributed by atoms with Gasteiger partial charge in [-0.2, -0.15) is 39.5 Å². The summed E-state index contributed by atoms with van der Waals surface area (Å²) in [5, 5.41) is 30.0. The molecule has 1 unspecified atom stereocenters. The third-order valence-electron chi connectivity index (χ3n) is 2.89. The Morgan fingerprint density at radius 3 is 1.03 bits per heavy atom. The van der Waals surface area contributed by atoms with Crippen molar-refractivity contribution in [1.82, 2.24) is 0 Å². The van der Waals surface area contributed by atoms with Crippen LogP contribution < -0.4 is 0 Å². The number of hydrogen-bond acceptors (Lipinski definition) is 4. The van der Waals surface area contributed by atoms with Gasteiger partial charge in [-0.15, -0.1) is 0 Å². The topological polar surface area (TPSA) is 149 Å². The van der Waals surface area contributed by atoms with E-state index in [-0.39, 0.29) is 5.92 Å². The van der Waals surface area contributed by atoms with Crippen molar-refractivity contribution in [2.45, 2.75) is 70.9 Å². The molecule has 0 rings (SSSR count). The van der Waals surface area contributed by atoms with Crippen molar-refractivity contribution in [3.05, 3.63) is 0 Å². The first-order valence-electron chi connectivity index (χ1n) is 8.64. The van der Waals surface area contributed by atoms with Gasteiger partial charge in [-0.25, -0.2) is 14.4 Å². The molecule has 0 radical (unpaired) electrons. The van der Waals surface area contributed by atoms with Crippen LogP contribution in [0.5, 0.6) is 0 Å². The SMILES string of the molecule is CCCCCCCC(C)C(=O)O.O=C(O)C(F)(F)F.O=C(O)C(F)(F)F.O=C(O)C(F)(F)F. The molecule has 198 valence electrons. The minimum Gasteiger partial charge on any atom is -0.481 e. The van der Waals surface area contributed by atoms with Crippen LogP contribution in [0.2, 0.25) is 0 Å². The van der Waals surface area contributed by atoms with E-state index in [1.807, 2.05) is 0 Å². The van der Waals surface area contributed by atoms with Gasteiger partial charge in [0.05, 0.1) is 5.92 Å². The average Bonchev–Trinajstić information content (AvgIpc) is 2.60. The van der Waals surface area contributed by atoms with E-state index in [1.165, 1.54) is 25.7 Å². The van der Waals surface area contributed by atoms with E-state index in [2.05, 4.69) is 6.92 Å². The molecule has 0 saturated carbocycles. The number of halogens is 9. The van der Waals surface area contributed by atoms with Gasteiger partial charge in [0, 0.05) is 0 Å². The molecule has 0 aliphatic heterocycles. The first-order valence-corrected chi connectivity index (χ1v) is 8.64. The quantitative estimate of drug-likeness (QED) is 0.275. The summed E-state index contributed by atoms with van der Waals surface area (Å²) >= 11 is 0. The number of rotatable bonds is 7. The second kappa shape index (κ2) is 17.8. The van der Waals surface area contributed by atoms with Crippen LogP contribution in [0.4, 0.5) is 39.5 Å². The molecule has 0 aromatic heterocycles. The molecule has 0 spiro atoms. The summed E-state index contributed by atoms with van der Waals surface area (Å²) in [6.45, 7) is 3.96. The maximum Gasteiger partial charge on any atom is 0.490 e. The minimum absolute atomic E-state index is 0.161. The summed E-state index contributed by atoms with van der Waals surface area (Å²) in [6.07, 6.45) is -8.39. The maximum absolute atomic E-state index is 10.6. The number of carbonyl (C=O) groups is 4. The molecule has 0 aromatic carbocycles. The van der Waals surface area contributed by atoms with Crippen LogP contribution in [0.3, 0.4) is 0 Å². The molecular formula is C16H23F9O8. The molecule has 0 aliphatic carbocycles. The molecular weight excluding hydrogens is 491 g/mol. The summed E-state index contributed by atoms with van der Waals surface area (Å²) < 4.78 is 95.2. The van der Waals surface area contributed by atoms with E-state index in [0.717, 1.165) is 12.8 Å². The van der Waals surface area contributed by atoms with Gasteiger partial charge < -0.3 is 20.4 Å². The smallest absolute Gasteiger partial charge is 0.481 e. The third kappa shape index (κ3) is 31.5. The van der Waals surface area contributed by atoms with E-state index in [9.17, 15) is 44.3 Å². The summed E-state index contributed by atoms with van der Waals surface area (Å²) in [6, 6.07) is 0. The molecule has 0 fully saturated rings. The van der Waals surface area contributed by atoms with Gasteiger partial charge in [-0.1, -0.05) is 46.0 Å². The fourth-order valence-electron chi connectivity index (χ4n) is 1.18.